The van der Waals surface area contributed by atoms with Gasteiger partial charge >= 0.3 is 5.97 Å². The number of hydrogen-bond acceptors (Lipinski definition) is 3. The maximum Gasteiger partial charge on any atom is 0.310 e. The van der Waals surface area contributed by atoms with Crippen molar-refractivity contribution in [2.75, 3.05) is 11.9 Å². The van der Waals surface area contributed by atoms with E-state index < -0.39 is 0 Å². The molecule has 0 aliphatic carbocycles. The van der Waals surface area contributed by atoms with Crippen molar-refractivity contribution in [3.63, 3.8) is 0 Å². The fraction of sp³-hybridized carbons (Fsp3) is 0.333. The highest BCUT2D eigenvalue weighted by molar-refractivity contribution is 6.04. The average molecular weight is 339 g/mol. The minimum absolute atomic E-state index is 0.0593. The van der Waals surface area contributed by atoms with Crippen LogP contribution in [-0.2, 0) is 21.4 Å². The van der Waals surface area contributed by atoms with E-state index in [0.717, 1.165) is 5.56 Å². The van der Waals surface area contributed by atoms with Crippen LogP contribution in [0.15, 0.2) is 48.5 Å². The van der Waals surface area contributed by atoms with Crippen LogP contribution in [0.1, 0.15) is 49.2 Å². The molecule has 0 heterocycles. The molecular weight excluding hydrogens is 314 g/mol. The first-order valence-electron chi connectivity index (χ1n) is 8.46. The summed E-state index contributed by atoms with van der Waals surface area (Å²) in [7, 11) is 0. The molecule has 0 saturated carbocycles. The first-order chi connectivity index (χ1) is 11.8. The van der Waals surface area contributed by atoms with Gasteiger partial charge in [-0.05, 0) is 47.7 Å². The van der Waals surface area contributed by atoms with Gasteiger partial charge in [-0.1, -0.05) is 45.0 Å². The number of esters is 1. The van der Waals surface area contributed by atoms with Gasteiger partial charge < -0.3 is 10.1 Å². The highest BCUT2D eigenvalue weighted by atomic mass is 16.5. The molecule has 25 heavy (non-hydrogen) atoms. The zero-order chi connectivity index (χ0) is 18.4. The lowest BCUT2D eigenvalue weighted by Gasteiger charge is -2.19. The second-order valence-corrected chi connectivity index (χ2v) is 6.96. The minimum Gasteiger partial charge on any atom is -0.466 e. The molecule has 0 unspecified atom stereocenters. The maximum absolute atomic E-state index is 12.3. The zero-order valence-electron chi connectivity index (χ0n) is 15.3. The van der Waals surface area contributed by atoms with Crippen LogP contribution in [-0.4, -0.2) is 18.5 Å². The second kappa shape index (κ2) is 7.97. The molecule has 1 amide bonds. The van der Waals surface area contributed by atoms with Crippen LogP contribution in [0, 0.1) is 0 Å². The molecule has 0 atom stereocenters. The standard InChI is InChI=1S/C21H25NO3/c1-5-25-19(23)14-15-6-12-18(13-7-15)22-20(24)16-8-10-17(11-9-16)21(2,3)4/h6-13H,5,14H2,1-4H3,(H,22,24). The summed E-state index contributed by atoms with van der Waals surface area (Å²) in [6, 6.07) is 14.8. The first-order valence-corrected chi connectivity index (χ1v) is 8.46. The van der Waals surface area contributed by atoms with Gasteiger partial charge in [0.15, 0.2) is 0 Å². The Kier molecular flexibility index (Phi) is 5.97. The van der Waals surface area contributed by atoms with E-state index in [0.29, 0.717) is 17.9 Å². The molecule has 2 aromatic rings. The smallest absolute Gasteiger partial charge is 0.310 e. The van der Waals surface area contributed by atoms with Crippen LogP contribution in [0.3, 0.4) is 0 Å². The number of carbonyl (C=O) groups excluding carboxylic acids is 2. The molecule has 0 bridgehead atoms. The second-order valence-electron chi connectivity index (χ2n) is 6.96. The van der Waals surface area contributed by atoms with Gasteiger partial charge in [-0.15, -0.1) is 0 Å². The van der Waals surface area contributed by atoms with Gasteiger partial charge in [0.05, 0.1) is 13.0 Å². The SMILES string of the molecule is CCOC(=O)Cc1ccc(NC(=O)c2ccc(C(C)(C)C)cc2)cc1. The topological polar surface area (TPSA) is 55.4 Å². The normalized spacial score (nSPS) is 11.0. The van der Waals surface area contributed by atoms with Gasteiger partial charge in [0.1, 0.15) is 0 Å². The molecule has 0 aromatic heterocycles. The van der Waals surface area contributed by atoms with Crippen molar-refractivity contribution >= 4 is 17.6 Å². The third-order valence-electron chi connectivity index (χ3n) is 3.88. The molecule has 0 aliphatic heterocycles. The predicted molar refractivity (Wildman–Crippen MR) is 99.9 cm³/mol. The number of benzene rings is 2. The fourth-order valence-corrected chi connectivity index (χ4v) is 2.41. The predicted octanol–water partition coefficient (Wildman–Crippen LogP) is 4.34. The monoisotopic (exact) mass is 339 g/mol. The highest BCUT2D eigenvalue weighted by Gasteiger charge is 2.14. The molecule has 0 saturated heterocycles. The Bertz CT molecular complexity index is 725. The van der Waals surface area contributed by atoms with E-state index in [-0.39, 0.29) is 23.7 Å². The third kappa shape index (κ3) is 5.45. The van der Waals surface area contributed by atoms with Crippen LogP contribution in [0.5, 0.6) is 0 Å². The van der Waals surface area contributed by atoms with Crippen LogP contribution in [0.25, 0.3) is 0 Å². The van der Waals surface area contributed by atoms with Crippen molar-refractivity contribution < 1.29 is 14.3 Å². The van der Waals surface area contributed by atoms with Crippen LogP contribution >= 0.6 is 0 Å². The Hall–Kier alpha value is -2.62. The number of rotatable bonds is 5. The van der Waals surface area contributed by atoms with Gasteiger partial charge in [-0.3, -0.25) is 9.59 Å². The zero-order valence-corrected chi connectivity index (χ0v) is 15.3. The summed E-state index contributed by atoms with van der Waals surface area (Å²) in [5, 5.41) is 2.87. The molecular formula is C21H25NO3. The Labute approximate surface area is 149 Å². The lowest BCUT2D eigenvalue weighted by molar-refractivity contribution is -0.142. The molecule has 132 valence electrons. The molecule has 4 heteroatoms. The lowest BCUT2D eigenvalue weighted by Crippen LogP contribution is -2.14. The van der Waals surface area contributed by atoms with Gasteiger partial charge in [0, 0.05) is 11.3 Å². The van der Waals surface area contributed by atoms with Crippen LogP contribution in [0.2, 0.25) is 0 Å². The quantitative estimate of drug-likeness (QED) is 0.824. The summed E-state index contributed by atoms with van der Waals surface area (Å²) >= 11 is 0. The molecule has 1 N–H and O–H groups in total. The van der Waals surface area contributed by atoms with Crippen molar-refractivity contribution in [2.45, 2.75) is 39.5 Å². The molecule has 2 aromatic carbocycles. The van der Waals surface area contributed by atoms with E-state index in [2.05, 4.69) is 26.1 Å². The summed E-state index contributed by atoms with van der Waals surface area (Å²) < 4.78 is 4.92. The Morgan fingerprint density at radius 3 is 2.08 bits per heavy atom. The van der Waals surface area contributed by atoms with Crippen LogP contribution in [0.4, 0.5) is 5.69 Å². The van der Waals surface area contributed by atoms with E-state index >= 15 is 0 Å². The van der Waals surface area contributed by atoms with Gasteiger partial charge in [0.25, 0.3) is 5.91 Å². The molecule has 0 spiro atoms. The number of ether oxygens (including phenoxy) is 1. The largest absolute Gasteiger partial charge is 0.466 e. The van der Waals surface area contributed by atoms with Gasteiger partial charge in [-0.2, -0.15) is 0 Å². The lowest BCUT2D eigenvalue weighted by atomic mass is 9.87. The fourth-order valence-electron chi connectivity index (χ4n) is 2.41. The summed E-state index contributed by atoms with van der Waals surface area (Å²) in [5.41, 5.74) is 3.41. The van der Waals surface area contributed by atoms with E-state index in [1.54, 1.807) is 19.1 Å². The number of amides is 1. The molecule has 0 fully saturated rings. The Balaban J connectivity index is 1.99. The molecule has 2 rings (SSSR count). The highest BCUT2D eigenvalue weighted by Crippen LogP contribution is 2.22. The third-order valence-corrected chi connectivity index (χ3v) is 3.88. The van der Waals surface area contributed by atoms with E-state index in [1.807, 2.05) is 36.4 Å². The van der Waals surface area contributed by atoms with E-state index in [1.165, 1.54) is 5.56 Å². The average Bonchev–Trinajstić information content (AvgIpc) is 2.56. The minimum atomic E-state index is -0.252. The Morgan fingerprint density at radius 1 is 0.960 bits per heavy atom. The van der Waals surface area contributed by atoms with Gasteiger partial charge in [0.2, 0.25) is 0 Å². The van der Waals surface area contributed by atoms with Crippen molar-refractivity contribution in [3.8, 4) is 0 Å². The summed E-state index contributed by atoms with van der Waals surface area (Å²) in [6.07, 6.45) is 0.232. The summed E-state index contributed by atoms with van der Waals surface area (Å²) in [6.45, 7) is 8.57. The maximum atomic E-state index is 12.3. The summed E-state index contributed by atoms with van der Waals surface area (Å²) in [4.78, 5) is 23.8. The van der Waals surface area contributed by atoms with Crippen molar-refractivity contribution in [3.05, 3.63) is 65.2 Å². The van der Waals surface area contributed by atoms with Crippen molar-refractivity contribution in [2.24, 2.45) is 0 Å². The van der Waals surface area contributed by atoms with E-state index in [4.69, 9.17) is 4.74 Å². The number of hydrogen-bond donors (Lipinski definition) is 1. The van der Waals surface area contributed by atoms with Crippen molar-refractivity contribution in [1.29, 1.82) is 0 Å². The van der Waals surface area contributed by atoms with Gasteiger partial charge in [-0.25, -0.2) is 0 Å². The first kappa shape index (κ1) is 18.7. The van der Waals surface area contributed by atoms with Crippen molar-refractivity contribution in [1.82, 2.24) is 0 Å². The molecule has 4 nitrogen and oxygen atoms in total. The number of carbonyl (C=O) groups is 2. The Morgan fingerprint density at radius 2 is 1.56 bits per heavy atom. The number of anilines is 1. The number of nitrogens with one attached hydrogen (secondary N) is 1. The van der Waals surface area contributed by atoms with E-state index in [9.17, 15) is 9.59 Å². The molecule has 0 aliphatic rings. The van der Waals surface area contributed by atoms with Crippen LogP contribution < -0.4 is 5.32 Å². The summed E-state index contributed by atoms with van der Waals surface area (Å²) in [5.74, 6) is -0.406. The molecule has 0 radical (unpaired) electrons.